The van der Waals surface area contributed by atoms with E-state index < -0.39 is 12.0 Å². The molecular formula is C12H12N2O3S2. The Morgan fingerprint density at radius 1 is 1.58 bits per heavy atom. The van der Waals surface area contributed by atoms with Crippen molar-refractivity contribution in [2.24, 2.45) is 0 Å². The molecule has 19 heavy (non-hydrogen) atoms. The molecule has 2 unspecified atom stereocenters. The van der Waals surface area contributed by atoms with E-state index in [1.165, 1.54) is 11.3 Å². The molecule has 2 atom stereocenters. The third-order valence-corrected chi connectivity index (χ3v) is 5.26. The predicted molar refractivity (Wildman–Crippen MR) is 74.3 cm³/mol. The molecule has 3 rings (SSSR count). The number of carboxylic acid groups (broad SMARTS) is 1. The van der Waals surface area contributed by atoms with E-state index in [0.717, 1.165) is 21.4 Å². The SMILES string of the molecule is Cc1ccc(-c2cnc(C3NC(C(=O)O)CS3)s2)o1. The monoisotopic (exact) mass is 296 g/mol. The van der Waals surface area contributed by atoms with Crippen LogP contribution in [-0.2, 0) is 4.79 Å². The van der Waals surface area contributed by atoms with E-state index in [4.69, 9.17) is 9.52 Å². The Kier molecular flexibility index (Phi) is 3.34. The molecule has 1 aliphatic heterocycles. The summed E-state index contributed by atoms with van der Waals surface area (Å²) in [6.45, 7) is 1.90. The van der Waals surface area contributed by atoms with E-state index >= 15 is 0 Å². The summed E-state index contributed by atoms with van der Waals surface area (Å²) >= 11 is 3.10. The Morgan fingerprint density at radius 3 is 3.05 bits per heavy atom. The highest BCUT2D eigenvalue weighted by atomic mass is 32.2. The number of aliphatic carboxylic acids is 1. The van der Waals surface area contributed by atoms with Gasteiger partial charge in [-0.25, -0.2) is 4.98 Å². The predicted octanol–water partition coefficient (Wildman–Crippen LogP) is 2.50. The quantitative estimate of drug-likeness (QED) is 0.906. The summed E-state index contributed by atoms with van der Waals surface area (Å²) in [5.74, 6) is 1.42. The summed E-state index contributed by atoms with van der Waals surface area (Å²) in [5.41, 5.74) is 0. The molecule has 2 aromatic heterocycles. The van der Waals surface area contributed by atoms with E-state index in [-0.39, 0.29) is 5.37 Å². The number of aromatic nitrogens is 1. The fourth-order valence-corrected chi connectivity index (χ4v) is 4.10. The maximum atomic E-state index is 10.9. The van der Waals surface area contributed by atoms with Gasteiger partial charge in [-0.05, 0) is 19.1 Å². The highest BCUT2D eigenvalue weighted by molar-refractivity contribution is 7.99. The normalized spacial score (nSPS) is 22.8. The fourth-order valence-electron chi connectivity index (χ4n) is 1.85. The summed E-state index contributed by atoms with van der Waals surface area (Å²) in [7, 11) is 0. The topological polar surface area (TPSA) is 75.4 Å². The van der Waals surface area contributed by atoms with Crippen molar-refractivity contribution in [3.05, 3.63) is 29.1 Å². The minimum atomic E-state index is -0.812. The molecule has 100 valence electrons. The van der Waals surface area contributed by atoms with Crippen LogP contribution in [0.15, 0.2) is 22.7 Å². The average molecular weight is 296 g/mol. The van der Waals surface area contributed by atoms with Gasteiger partial charge < -0.3 is 9.52 Å². The van der Waals surface area contributed by atoms with Crippen molar-refractivity contribution >= 4 is 29.1 Å². The second-order valence-corrected chi connectivity index (χ2v) is 6.44. The van der Waals surface area contributed by atoms with Gasteiger partial charge in [0.15, 0.2) is 0 Å². The van der Waals surface area contributed by atoms with Crippen LogP contribution < -0.4 is 5.32 Å². The first kappa shape index (κ1) is 12.7. The van der Waals surface area contributed by atoms with Crippen molar-refractivity contribution in [2.75, 3.05) is 5.75 Å². The lowest BCUT2D eigenvalue weighted by Crippen LogP contribution is -2.33. The Morgan fingerprint density at radius 2 is 2.42 bits per heavy atom. The van der Waals surface area contributed by atoms with E-state index in [2.05, 4.69) is 10.3 Å². The number of furan rings is 1. The molecule has 2 N–H and O–H groups in total. The van der Waals surface area contributed by atoms with Crippen molar-refractivity contribution in [3.8, 4) is 10.6 Å². The second-order valence-electron chi connectivity index (χ2n) is 4.24. The lowest BCUT2D eigenvalue weighted by Gasteiger charge is -2.06. The molecule has 0 aromatic carbocycles. The summed E-state index contributed by atoms with van der Waals surface area (Å²) in [6.07, 6.45) is 1.77. The van der Waals surface area contributed by atoms with Crippen LogP contribution >= 0.6 is 23.1 Å². The van der Waals surface area contributed by atoms with Gasteiger partial charge >= 0.3 is 5.97 Å². The molecule has 0 amide bonds. The molecule has 2 aromatic rings. The zero-order valence-corrected chi connectivity index (χ0v) is 11.8. The lowest BCUT2D eigenvalue weighted by molar-refractivity contribution is -0.138. The number of thioether (sulfide) groups is 1. The lowest BCUT2D eigenvalue weighted by atomic mass is 10.3. The number of aryl methyl sites for hydroxylation is 1. The van der Waals surface area contributed by atoms with Gasteiger partial charge in [-0.3, -0.25) is 10.1 Å². The van der Waals surface area contributed by atoms with Gasteiger partial charge in [-0.2, -0.15) is 0 Å². The molecule has 0 saturated carbocycles. The second kappa shape index (κ2) is 4.99. The van der Waals surface area contributed by atoms with Crippen LogP contribution in [-0.4, -0.2) is 27.9 Å². The number of nitrogens with zero attached hydrogens (tertiary/aromatic N) is 1. The van der Waals surface area contributed by atoms with Crippen LogP contribution in [0.4, 0.5) is 0 Å². The molecular weight excluding hydrogens is 284 g/mol. The first-order chi connectivity index (χ1) is 9.13. The van der Waals surface area contributed by atoms with Crippen molar-refractivity contribution in [2.45, 2.75) is 18.3 Å². The van der Waals surface area contributed by atoms with Crippen LogP contribution in [0.1, 0.15) is 16.1 Å². The Bertz CT molecular complexity index is 608. The number of thiazole rings is 1. The first-order valence-corrected chi connectivity index (χ1v) is 7.63. The molecule has 1 fully saturated rings. The van der Waals surface area contributed by atoms with Gasteiger partial charge in [-0.15, -0.1) is 23.1 Å². The third kappa shape index (κ3) is 2.54. The summed E-state index contributed by atoms with van der Waals surface area (Å²) in [4.78, 5) is 16.2. The Hall–Kier alpha value is -1.31. The van der Waals surface area contributed by atoms with Gasteiger partial charge in [-0.1, -0.05) is 0 Å². The van der Waals surface area contributed by atoms with E-state index in [9.17, 15) is 4.79 Å². The van der Waals surface area contributed by atoms with Crippen molar-refractivity contribution in [1.29, 1.82) is 0 Å². The highest BCUT2D eigenvalue weighted by Crippen LogP contribution is 2.37. The maximum Gasteiger partial charge on any atom is 0.321 e. The summed E-state index contributed by atoms with van der Waals surface area (Å²) < 4.78 is 5.55. The maximum absolute atomic E-state index is 10.9. The van der Waals surface area contributed by atoms with E-state index in [1.54, 1.807) is 18.0 Å². The van der Waals surface area contributed by atoms with Crippen LogP contribution in [0.25, 0.3) is 10.6 Å². The zero-order chi connectivity index (χ0) is 13.4. The van der Waals surface area contributed by atoms with Crippen molar-refractivity contribution < 1.29 is 14.3 Å². The molecule has 0 spiro atoms. The number of rotatable bonds is 3. The van der Waals surface area contributed by atoms with Crippen LogP contribution in [0.5, 0.6) is 0 Å². The number of carboxylic acids is 1. The molecule has 7 heteroatoms. The molecule has 0 aliphatic carbocycles. The van der Waals surface area contributed by atoms with Crippen molar-refractivity contribution in [3.63, 3.8) is 0 Å². The third-order valence-electron chi connectivity index (χ3n) is 2.81. The highest BCUT2D eigenvalue weighted by Gasteiger charge is 2.32. The minimum Gasteiger partial charge on any atom is -0.480 e. The smallest absolute Gasteiger partial charge is 0.321 e. The van der Waals surface area contributed by atoms with Gasteiger partial charge in [0.25, 0.3) is 0 Å². The van der Waals surface area contributed by atoms with Gasteiger partial charge in [0.2, 0.25) is 0 Å². The molecule has 3 heterocycles. The Labute approximate surface area is 118 Å². The Balaban J connectivity index is 1.77. The number of nitrogens with one attached hydrogen (secondary N) is 1. The van der Waals surface area contributed by atoms with Gasteiger partial charge in [0.05, 0.1) is 4.88 Å². The molecule has 0 radical (unpaired) electrons. The number of hydrogen-bond acceptors (Lipinski definition) is 6. The largest absolute Gasteiger partial charge is 0.480 e. The standard InChI is InChI=1S/C12H12N2O3S2/c1-6-2-3-8(17-6)9-4-13-10(19-9)11-14-7(5-18-11)12(15)16/h2-4,7,11,14H,5H2,1H3,(H,15,16). The first-order valence-electron chi connectivity index (χ1n) is 5.76. The van der Waals surface area contributed by atoms with Crippen LogP contribution in [0, 0.1) is 6.92 Å². The average Bonchev–Trinajstić information content (AvgIpc) is 3.07. The molecule has 1 aliphatic rings. The van der Waals surface area contributed by atoms with Gasteiger partial charge in [0, 0.05) is 11.9 Å². The zero-order valence-electron chi connectivity index (χ0n) is 10.1. The molecule has 5 nitrogen and oxygen atoms in total. The molecule has 0 bridgehead atoms. The van der Waals surface area contributed by atoms with E-state index in [1.807, 2.05) is 19.1 Å². The summed E-state index contributed by atoms with van der Waals surface area (Å²) in [5, 5.41) is 12.9. The van der Waals surface area contributed by atoms with Crippen molar-refractivity contribution in [1.82, 2.24) is 10.3 Å². The summed E-state index contributed by atoms with van der Waals surface area (Å²) in [6, 6.07) is 3.34. The number of hydrogen-bond donors (Lipinski definition) is 2. The van der Waals surface area contributed by atoms with E-state index in [0.29, 0.717) is 5.75 Å². The fraction of sp³-hybridized carbons (Fsp3) is 0.333. The van der Waals surface area contributed by atoms with Crippen LogP contribution in [0.3, 0.4) is 0 Å². The molecule has 1 saturated heterocycles. The van der Waals surface area contributed by atoms with Crippen LogP contribution in [0.2, 0.25) is 0 Å². The number of carbonyl (C=O) groups is 1. The minimum absolute atomic E-state index is 0.0455. The van der Waals surface area contributed by atoms with Gasteiger partial charge in [0.1, 0.15) is 27.9 Å².